The number of benzene rings is 2. The number of ether oxygens (including phenoxy) is 3. The van der Waals surface area contributed by atoms with Crippen molar-refractivity contribution in [1.29, 1.82) is 5.41 Å². The van der Waals surface area contributed by atoms with Crippen molar-refractivity contribution in [1.82, 2.24) is 5.01 Å². The summed E-state index contributed by atoms with van der Waals surface area (Å²) in [5.74, 6) is 1.59. The average molecular weight is 465 g/mol. The van der Waals surface area contributed by atoms with E-state index in [1.165, 1.54) is 16.8 Å². The van der Waals surface area contributed by atoms with Crippen molar-refractivity contribution in [2.24, 2.45) is 16.0 Å². The van der Waals surface area contributed by atoms with Gasteiger partial charge in [-0.15, -0.1) is 0 Å². The zero-order chi connectivity index (χ0) is 23.4. The van der Waals surface area contributed by atoms with Crippen LogP contribution in [0.2, 0.25) is 0 Å². The number of amides is 1. The van der Waals surface area contributed by atoms with E-state index < -0.39 is 5.91 Å². The molecule has 0 aromatic heterocycles. The van der Waals surface area contributed by atoms with E-state index in [1.807, 2.05) is 62.4 Å². The predicted octanol–water partition coefficient (Wildman–Crippen LogP) is 4.43. The standard InChI is InChI=1S/C24H24N4O4S/c1-15(2)23-27-28-21(25)17(22(29)26-24(28)33-23)14-16-8-4-5-9-18(16)31-12-13-32-20-11-7-6-10-19(20)30-3/h4-11,14-15,25H,12-13H2,1-3H3/b17-14-,25-21?. The number of rotatable bonds is 8. The number of thioether (sulfide) groups is 1. The lowest BCUT2D eigenvalue weighted by Gasteiger charge is -2.20. The molecule has 0 radical (unpaired) electrons. The highest BCUT2D eigenvalue weighted by Crippen LogP contribution is 2.32. The number of nitrogens with one attached hydrogen (secondary N) is 1. The molecule has 2 heterocycles. The quantitative estimate of drug-likeness (QED) is 0.459. The van der Waals surface area contributed by atoms with Crippen molar-refractivity contribution in [2.45, 2.75) is 13.8 Å². The topological polar surface area (TPSA) is 96.6 Å². The van der Waals surface area contributed by atoms with Gasteiger partial charge >= 0.3 is 0 Å². The monoisotopic (exact) mass is 464 g/mol. The average Bonchev–Trinajstić information content (AvgIpc) is 3.25. The molecule has 8 nitrogen and oxygen atoms in total. The van der Waals surface area contributed by atoms with Crippen LogP contribution in [0.1, 0.15) is 19.4 Å². The molecule has 4 rings (SSSR count). The summed E-state index contributed by atoms with van der Waals surface area (Å²) in [6.07, 6.45) is 1.62. The van der Waals surface area contributed by atoms with Crippen LogP contribution in [0.25, 0.3) is 6.08 Å². The van der Waals surface area contributed by atoms with Crippen LogP contribution < -0.4 is 14.2 Å². The van der Waals surface area contributed by atoms with E-state index in [9.17, 15) is 4.79 Å². The summed E-state index contributed by atoms with van der Waals surface area (Å²) >= 11 is 1.33. The Morgan fingerprint density at radius 3 is 2.36 bits per heavy atom. The maximum absolute atomic E-state index is 12.7. The van der Waals surface area contributed by atoms with Gasteiger partial charge in [0.25, 0.3) is 5.91 Å². The van der Waals surface area contributed by atoms with E-state index in [-0.39, 0.29) is 23.9 Å². The number of carbonyl (C=O) groups excluding carboxylic acids is 1. The largest absolute Gasteiger partial charge is 0.493 e. The number of fused-ring (bicyclic) bond motifs is 1. The first-order chi connectivity index (χ1) is 16.0. The summed E-state index contributed by atoms with van der Waals surface area (Å²) < 4.78 is 16.9. The molecule has 1 amide bonds. The van der Waals surface area contributed by atoms with Crippen LogP contribution in [0, 0.1) is 11.3 Å². The number of methoxy groups -OCH3 is 1. The van der Waals surface area contributed by atoms with Gasteiger partial charge in [0.15, 0.2) is 17.3 Å². The first-order valence-electron chi connectivity index (χ1n) is 10.5. The van der Waals surface area contributed by atoms with Crippen LogP contribution in [0.4, 0.5) is 0 Å². The minimum atomic E-state index is -0.465. The van der Waals surface area contributed by atoms with Crippen molar-refractivity contribution in [3.05, 3.63) is 59.7 Å². The van der Waals surface area contributed by atoms with E-state index in [0.29, 0.717) is 34.6 Å². The van der Waals surface area contributed by atoms with Crippen molar-refractivity contribution >= 4 is 39.8 Å². The first-order valence-corrected chi connectivity index (χ1v) is 11.3. The molecule has 0 bridgehead atoms. The maximum Gasteiger partial charge on any atom is 0.283 e. The summed E-state index contributed by atoms with van der Waals surface area (Å²) in [7, 11) is 1.59. The summed E-state index contributed by atoms with van der Waals surface area (Å²) in [5.41, 5.74) is 0.830. The minimum Gasteiger partial charge on any atom is -0.493 e. The summed E-state index contributed by atoms with van der Waals surface area (Å²) in [5, 5.41) is 15.6. The highest BCUT2D eigenvalue weighted by molar-refractivity contribution is 8.27. The van der Waals surface area contributed by atoms with Crippen LogP contribution >= 0.6 is 11.8 Å². The van der Waals surface area contributed by atoms with Gasteiger partial charge in [-0.2, -0.15) is 15.1 Å². The third-order valence-corrected chi connectivity index (χ3v) is 6.06. The lowest BCUT2D eigenvalue weighted by Crippen LogP contribution is -2.35. The summed E-state index contributed by atoms with van der Waals surface area (Å²) in [6.45, 7) is 4.62. The fourth-order valence-corrected chi connectivity index (χ4v) is 4.06. The molecule has 0 spiro atoms. The Balaban J connectivity index is 1.47. The predicted molar refractivity (Wildman–Crippen MR) is 130 cm³/mol. The Kier molecular flexibility index (Phi) is 6.79. The van der Waals surface area contributed by atoms with E-state index in [4.69, 9.17) is 19.6 Å². The van der Waals surface area contributed by atoms with Gasteiger partial charge in [-0.1, -0.05) is 44.2 Å². The van der Waals surface area contributed by atoms with Gasteiger partial charge in [-0.3, -0.25) is 10.2 Å². The van der Waals surface area contributed by atoms with Crippen molar-refractivity contribution in [3.8, 4) is 17.2 Å². The molecular formula is C24H24N4O4S. The number of amidine groups is 2. The van der Waals surface area contributed by atoms with Gasteiger partial charge in [-0.25, -0.2) is 0 Å². The van der Waals surface area contributed by atoms with Crippen molar-refractivity contribution in [3.63, 3.8) is 0 Å². The second-order valence-electron chi connectivity index (χ2n) is 7.50. The van der Waals surface area contributed by atoms with E-state index >= 15 is 0 Å². The smallest absolute Gasteiger partial charge is 0.283 e. The lowest BCUT2D eigenvalue weighted by molar-refractivity contribution is -0.114. The van der Waals surface area contributed by atoms with Gasteiger partial charge in [0, 0.05) is 11.5 Å². The summed E-state index contributed by atoms with van der Waals surface area (Å²) in [4.78, 5) is 16.8. The number of carbonyl (C=O) groups is 1. The van der Waals surface area contributed by atoms with Gasteiger partial charge in [0.2, 0.25) is 5.17 Å². The van der Waals surface area contributed by atoms with Crippen LogP contribution in [0.3, 0.4) is 0 Å². The molecule has 9 heteroatoms. The molecule has 0 saturated carbocycles. The number of hydrogen-bond donors (Lipinski definition) is 1. The molecule has 2 aromatic carbocycles. The molecule has 2 aliphatic heterocycles. The molecule has 0 fully saturated rings. The first kappa shape index (κ1) is 22.6. The number of nitrogens with zero attached hydrogens (tertiary/aromatic N) is 3. The fraction of sp³-hybridized carbons (Fsp3) is 0.250. The van der Waals surface area contributed by atoms with Crippen molar-refractivity contribution in [2.75, 3.05) is 20.3 Å². The normalized spacial score (nSPS) is 16.6. The van der Waals surface area contributed by atoms with Crippen molar-refractivity contribution < 1.29 is 19.0 Å². The van der Waals surface area contributed by atoms with E-state index in [1.54, 1.807) is 13.2 Å². The van der Waals surface area contributed by atoms with Gasteiger partial charge in [0.05, 0.1) is 12.7 Å². The van der Waals surface area contributed by atoms with Gasteiger partial charge in [0.1, 0.15) is 24.0 Å². The Labute approximate surface area is 196 Å². The zero-order valence-corrected chi connectivity index (χ0v) is 19.4. The Hall–Kier alpha value is -3.59. The molecule has 0 unspecified atom stereocenters. The van der Waals surface area contributed by atoms with Gasteiger partial charge < -0.3 is 14.2 Å². The van der Waals surface area contributed by atoms with Crippen LogP contribution in [-0.2, 0) is 4.79 Å². The lowest BCUT2D eigenvalue weighted by atomic mass is 10.1. The SMILES string of the molecule is COc1ccccc1OCCOc1ccccc1/C=C1/C(=N)N2N=C(C(C)C)SC2=NC1=O. The number of aliphatic imine (C=N–C) groups is 1. The molecule has 2 aliphatic rings. The van der Waals surface area contributed by atoms with Crippen LogP contribution in [0.15, 0.2) is 64.2 Å². The van der Waals surface area contributed by atoms with Crippen LogP contribution in [-0.4, -0.2) is 47.3 Å². The molecule has 0 atom stereocenters. The Bertz CT molecular complexity index is 1170. The van der Waals surface area contributed by atoms with Crippen LogP contribution in [0.5, 0.6) is 17.2 Å². The molecule has 33 heavy (non-hydrogen) atoms. The molecule has 170 valence electrons. The zero-order valence-electron chi connectivity index (χ0n) is 18.6. The van der Waals surface area contributed by atoms with E-state index in [2.05, 4.69) is 10.1 Å². The molecular weight excluding hydrogens is 440 g/mol. The number of hydrazone groups is 1. The minimum absolute atomic E-state index is 0.00228. The fourth-order valence-electron chi connectivity index (χ4n) is 3.17. The van der Waals surface area contributed by atoms with Gasteiger partial charge in [-0.05, 0) is 36.0 Å². The number of hydrogen-bond acceptors (Lipinski definition) is 7. The third-order valence-electron chi connectivity index (χ3n) is 4.85. The number of para-hydroxylation sites is 3. The molecule has 0 aliphatic carbocycles. The molecule has 0 saturated heterocycles. The second-order valence-corrected chi connectivity index (χ2v) is 8.49. The van der Waals surface area contributed by atoms with E-state index in [0.717, 1.165) is 5.04 Å². The summed E-state index contributed by atoms with van der Waals surface area (Å²) in [6, 6.07) is 14.7. The Morgan fingerprint density at radius 2 is 1.67 bits per heavy atom. The highest BCUT2D eigenvalue weighted by Gasteiger charge is 2.36. The third kappa shape index (κ3) is 4.93. The Morgan fingerprint density at radius 1 is 1.03 bits per heavy atom. The molecule has 1 N–H and O–H groups in total. The second kappa shape index (κ2) is 9.91. The maximum atomic E-state index is 12.7. The highest BCUT2D eigenvalue weighted by atomic mass is 32.2. The molecule has 2 aromatic rings.